The molecule has 2 aliphatic heterocycles. The van der Waals surface area contributed by atoms with Gasteiger partial charge in [0.15, 0.2) is 11.6 Å². The molecule has 0 bridgehead atoms. The number of benzene rings is 2. The number of ether oxygens (including phenoxy) is 1. The standard InChI is InChI=1S/C23H24F2N2O4S/c1-14(2)27-21-8-7-18(12-19(21)15(3)23(27)28)32(29,30)26-10-4-5-17(26)13-31-22-9-6-16(24)11-20(22)25/h6-9,11-12,14,17H,3-5,10,13H2,1-2H3/t17-/m0/s1. The van der Waals surface area contributed by atoms with Crippen molar-refractivity contribution in [3.8, 4) is 5.75 Å². The van der Waals surface area contributed by atoms with Crippen molar-refractivity contribution in [3.05, 3.63) is 60.2 Å². The number of rotatable bonds is 6. The second-order valence-corrected chi connectivity index (χ2v) is 10.1. The van der Waals surface area contributed by atoms with E-state index in [0.717, 1.165) is 12.1 Å². The summed E-state index contributed by atoms with van der Waals surface area (Å²) in [5.74, 6) is -1.92. The van der Waals surface area contributed by atoms with E-state index in [4.69, 9.17) is 4.74 Å². The third kappa shape index (κ3) is 3.80. The van der Waals surface area contributed by atoms with Crippen LogP contribution in [-0.2, 0) is 14.8 Å². The first-order valence-corrected chi connectivity index (χ1v) is 11.8. The molecule has 0 spiro atoms. The molecule has 1 amide bonds. The summed E-state index contributed by atoms with van der Waals surface area (Å²) in [6.07, 6.45) is 1.19. The van der Waals surface area contributed by atoms with E-state index in [2.05, 4.69) is 6.58 Å². The Balaban J connectivity index is 1.58. The molecule has 2 aliphatic rings. The van der Waals surface area contributed by atoms with Gasteiger partial charge in [0, 0.05) is 29.8 Å². The average molecular weight is 463 g/mol. The Bertz CT molecular complexity index is 1200. The fourth-order valence-electron chi connectivity index (χ4n) is 4.22. The Morgan fingerprint density at radius 1 is 1.19 bits per heavy atom. The van der Waals surface area contributed by atoms with Crippen LogP contribution in [0.4, 0.5) is 14.5 Å². The molecule has 0 unspecified atom stereocenters. The second-order valence-electron chi connectivity index (χ2n) is 8.22. The molecule has 0 N–H and O–H groups in total. The first-order valence-electron chi connectivity index (χ1n) is 10.4. The summed E-state index contributed by atoms with van der Waals surface area (Å²) >= 11 is 0. The molecule has 1 atom stereocenters. The zero-order chi connectivity index (χ0) is 23.2. The van der Waals surface area contributed by atoms with Crippen LogP contribution in [0, 0.1) is 11.6 Å². The molecule has 9 heteroatoms. The highest BCUT2D eigenvalue weighted by Gasteiger charge is 2.38. The largest absolute Gasteiger partial charge is 0.489 e. The lowest BCUT2D eigenvalue weighted by molar-refractivity contribution is -0.113. The molecule has 1 saturated heterocycles. The molecular weight excluding hydrogens is 438 g/mol. The topological polar surface area (TPSA) is 66.9 Å². The van der Waals surface area contributed by atoms with Crippen LogP contribution in [0.5, 0.6) is 5.75 Å². The lowest BCUT2D eigenvalue weighted by Crippen LogP contribution is -2.39. The van der Waals surface area contributed by atoms with E-state index >= 15 is 0 Å². The second kappa shape index (κ2) is 8.29. The van der Waals surface area contributed by atoms with Gasteiger partial charge in [-0.3, -0.25) is 4.79 Å². The first kappa shape index (κ1) is 22.4. The van der Waals surface area contributed by atoms with Crippen molar-refractivity contribution in [1.29, 1.82) is 0 Å². The molecule has 170 valence electrons. The molecule has 6 nitrogen and oxygen atoms in total. The molecule has 0 aromatic heterocycles. The lowest BCUT2D eigenvalue weighted by atomic mass is 10.1. The van der Waals surface area contributed by atoms with Crippen molar-refractivity contribution < 1.29 is 26.7 Å². The number of hydrogen-bond donors (Lipinski definition) is 0. The molecule has 2 aromatic carbocycles. The predicted molar refractivity (Wildman–Crippen MR) is 117 cm³/mol. The third-order valence-electron chi connectivity index (χ3n) is 5.80. The number of hydrogen-bond acceptors (Lipinski definition) is 4. The van der Waals surface area contributed by atoms with Gasteiger partial charge in [0.1, 0.15) is 12.4 Å². The highest BCUT2D eigenvalue weighted by molar-refractivity contribution is 7.89. The minimum absolute atomic E-state index is 0.0565. The summed E-state index contributed by atoms with van der Waals surface area (Å²) in [6.45, 7) is 7.84. The molecule has 2 heterocycles. The molecule has 1 fully saturated rings. The summed E-state index contributed by atoms with van der Waals surface area (Å²) in [6, 6.07) is 7.02. The Morgan fingerprint density at radius 2 is 1.94 bits per heavy atom. The van der Waals surface area contributed by atoms with Gasteiger partial charge in [-0.1, -0.05) is 6.58 Å². The van der Waals surface area contributed by atoms with E-state index in [1.165, 1.54) is 22.5 Å². The normalized spacial score (nSPS) is 19.2. The van der Waals surface area contributed by atoms with Crippen molar-refractivity contribution in [2.24, 2.45) is 0 Å². The van der Waals surface area contributed by atoms with E-state index in [1.54, 1.807) is 11.0 Å². The van der Waals surface area contributed by atoms with Gasteiger partial charge in [0.05, 0.1) is 16.6 Å². The fourth-order valence-corrected chi connectivity index (χ4v) is 5.92. The van der Waals surface area contributed by atoms with Crippen molar-refractivity contribution in [2.45, 2.75) is 43.7 Å². The van der Waals surface area contributed by atoms with Crippen molar-refractivity contribution >= 4 is 27.2 Å². The SMILES string of the molecule is C=C1C(=O)N(C(C)C)c2ccc(S(=O)(=O)N3CCC[C@H]3COc3ccc(F)cc3F)cc21. The average Bonchev–Trinajstić information content (AvgIpc) is 3.31. The Kier molecular flexibility index (Phi) is 5.81. The molecule has 0 saturated carbocycles. The van der Waals surface area contributed by atoms with Crippen LogP contribution in [-0.4, -0.2) is 43.9 Å². The van der Waals surface area contributed by atoms with Gasteiger partial charge in [-0.2, -0.15) is 4.31 Å². The van der Waals surface area contributed by atoms with E-state index in [-0.39, 0.29) is 34.8 Å². The number of sulfonamides is 1. The van der Waals surface area contributed by atoms with E-state index in [9.17, 15) is 22.0 Å². The smallest absolute Gasteiger partial charge is 0.258 e. The van der Waals surface area contributed by atoms with Crippen LogP contribution in [0.25, 0.3) is 5.57 Å². The molecular formula is C23H24F2N2O4S. The zero-order valence-electron chi connectivity index (χ0n) is 17.8. The van der Waals surface area contributed by atoms with Crippen LogP contribution < -0.4 is 9.64 Å². The Morgan fingerprint density at radius 3 is 2.62 bits per heavy atom. The van der Waals surface area contributed by atoms with Gasteiger partial charge in [-0.25, -0.2) is 17.2 Å². The van der Waals surface area contributed by atoms with Crippen LogP contribution in [0.1, 0.15) is 32.3 Å². The molecule has 0 radical (unpaired) electrons. The number of nitrogens with zero attached hydrogens (tertiary/aromatic N) is 2. The van der Waals surface area contributed by atoms with Crippen molar-refractivity contribution in [2.75, 3.05) is 18.1 Å². The van der Waals surface area contributed by atoms with E-state index in [1.807, 2.05) is 13.8 Å². The summed E-state index contributed by atoms with van der Waals surface area (Å²) in [5, 5.41) is 0. The molecule has 2 aromatic rings. The van der Waals surface area contributed by atoms with E-state index < -0.39 is 27.7 Å². The Labute approximate surface area is 186 Å². The molecule has 0 aliphatic carbocycles. The maximum atomic E-state index is 13.9. The van der Waals surface area contributed by atoms with Gasteiger partial charge < -0.3 is 9.64 Å². The van der Waals surface area contributed by atoms with Gasteiger partial charge >= 0.3 is 0 Å². The van der Waals surface area contributed by atoms with Crippen LogP contribution in [0.15, 0.2) is 47.9 Å². The number of fused-ring (bicyclic) bond motifs is 1. The minimum atomic E-state index is -3.88. The molecule has 4 rings (SSSR count). The quantitative estimate of drug-likeness (QED) is 0.610. The first-order chi connectivity index (χ1) is 15.1. The van der Waals surface area contributed by atoms with Gasteiger partial charge in [0.2, 0.25) is 10.0 Å². The van der Waals surface area contributed by atoms with Gasteiger partial charge in [-0.05, 0) is 57.0 Å². The zero-order valence-corrected chi connectivity index (χ0v) is 18.7. The number of carbonyl (C=O) groups excluding carboxylic acids is 1. The monoisotopic (exact) mass is 462 g/mol. The number of carbonyl (C=O) groups is 1. The highest BCUT2D eigenvalue weighted by atomic mass is 32.2. The summed E-state index contributed by atoms with van der Waals surface area (Å²) in [5.41, 5.74) is 1.41. The number of amides is 1. The van der Waals surface area contributed by atoms with Gasteiger partial charge in [0.25, 0.3) is 5.91 Å². The summed E-state index contributed by atoms with van der Waals surface area (Å²) in [7, 11) is -3.88. The van der Waals surface area contributed by atoms with Gasteiger partial charge in [-0.15, -0.1) is 0 Å². The highest BCUT2D eigenvalue weighted by Crippen LogP contribution is 2.39. The minimum Gasteiger partial charge on any atom is -0.489 e. The number of halogens is 2. The van der Waals surface area contributed by atoms with Crippen LogP contribution >= 0.6 is 0 Å². The summed E-state index contributed by atoms with van der Waals surface area (Å²) < 4.78 is 60.6. The summed E-state index contributed by atoms with van der Waals surface area (Å²) in [4.78, 5) is 14.2. The fraction of sp³-hybridized carbons (Fsp3) is 0.348. The maximum absolute atomic E-state index is 13.9. The predicted octanol–water partition coefficient (Wildman–Crippen LogP) is 3.97. The lowest BCUT2D eigenvalue weighted by Gasteiger charge is -2.25. The molecule has 32 heavy (non-hydrogen) atoms. The van der Waals surface area contributed by atoms with Crippen LogP contribution in [0.2, 0.25) is 0 Å². The van der Waals surface area contributed by atoms with Crippen LogP contribution in [0.3, 0.4) is 0 Å². The van der Waals surface area contributed by atoms with E-state index in [0.29, 0.717) is 30.6 Å². The maximum Gasteiger partial charge on any atom is 0.258 e. The van der Waals surface area contributed by atoms with Crippen molar-refractivity contribution in [3.63, 3.8) is 0 Å². The third-order valence-corrected chi connectivity index (χ3v) is 7.75. The Hall–Kier alpha value is -2.78. The number of anilines is 1. The van der Waals surface area contributed by atoms with Crippen molar-refractivity contribution in [1.82, 2.24) is 4.31 Å².